The Morgan fingerprint density at radius 3 is 2.61 bits per heavy atom. The number of carbonyl (C=O) groups is 1. The van der Waals surface area contributed by atoms with Crippen LogP contribution in [0.15, 0.2) is 30.5 Å². The molecule has 1 amide bonds. The molecule has 0 bridgehead atoms. The maximum absolute atomic E-state index is 12.6. The molecular weight excluding hydrogens is 312 g/mol. The van der Waals surface area contributed by atoms with Crippen LogP contribution < -0.4 is 0 Å². The minimum absolute atomic E-state index is 0.0109. The summed E-state index contributed by atoms with van der Waals surface area (Å²) in [7, 11) is -3.10. The smallest absolute Gasteiger partial charge is 0.227 e. The average Bonchev–Trinajstić information content (AvgIpc) is 2.91. The number of likely N-dealkylation sites (N-methyl/N-ethyl adjacent to an activating group) is 1. The topological polar surface area (TPSA) is 70.2 Å². The fourth-order valence-electron chi connectivity index (χ4n) is 2.85. The van der Waals surface area contributed by atoms with Crippen LogP contribution in [0.2, 0.25) is 0 Å². The number of carbonyl (C=O) groups excluding carboxylic acids is 1. The van der Waals surface area contributed by atoms with E-state index >= 15 is 0 Å². The summed E-state index contributed by atoms with van der Waals surface area (Å²) in [5.74, 6) is 0.0683. The van der Waals surface area contributed by atoms with Crippen LogP contribution in [0.1, 0.15) is 26.3 Å². The lowest BCUT2D eigenvalue weighted by molar-refractivity contribution is -0.131. The lowest BCUT2D eigenvalue weighted by atomic mass is 10.1. The molecular formula is C17H24N2O3S. The summed E-state index contributed by atoms with van der Waals surface area (Å²) in [5, 5.41) is 1.03. The number of H-pyrrole nitrogens is 1. The number of benzene rings is 1. The number of fused-ring (bicyclic) bond motifs is 1. The molecule has 1 atom stereocenters. The van der Waals surface area contributed by atoms with Crippen molar-refractivity contribution in [2.75, 3.05) is 18.1 Å². The van der Waals surface area contributed by atoms with Gasteiger partial charge >= 0.3 is 0 Å². The van der Waals surface area contributed by atoms with Crippen molar-refractivity contribution in [3.8, 4) is 0 Å². The standard InChI is InChI=1S/C17H24N2O3S/c1-4-19(13(3)12-23(21,22)5-2)17(20)10-14-11-18-16-9-7-6-8-15(14)16/h6-9,11,13,18H,4-5,10,12H2,1-3H3/t13-/m0/s1. The zero-order valence-electron chi connectivity index (χ0n) is 13.9. The Morgan fingerprint density at radius 1 is 1.26 bits per heavy atom. The van der Waals surface area contributed by atoms with Gasteiger partial charge in [0.2, 0.25) is 5.91 Å². The maximum atomic E-state index is 12.6. The molecule has 0 aliphatic rings. The van der Waals surface area contributed by atoms with Gasteiger partial charge < -0.3 is 9.88 Å². The molecule has 0 unspecified atom stereocenters. The summed E-state index contributed by atoms with van der Waals surface area (Å²) in [5.41, 5.74) is 1.94. The molecule has 1 heterocycles. The second-order valence-corrected chi connectivity index (χ2v) is 8.16. The highest BCUT2D eigenvalue weighted by molar-refractivity contribution is 7.91. The third-order valence-corrected chi connectivity index (χ3v) is 6.01. The monoisotopic (exact) mass is 336 g/mol. The third-order valence-electron chi connectivity index (χ3n) is 4.14. The number of nitrogens with one attached hydrogen (secondary N) is 1. The number of hydrogen-bond donors (Lipinski definition) is 1. The van der Waals surface area contributed by atoms with Gasteiger partial charge in [0.25, 0.3) is 0 Å². The summed E-state index contributed by atoms with van der Waals surface area (Å²) in [4.78, 5) is 17.4. The highest BCUT2D eigenvalue weighted by atomic mass is 32.2. The molecule has 1 aromatic carbocycles. The third kappa shape index (κ3) is 4.13. The molecule has 23 heavy (non-hydrogen) atoms. The van der Waals surface area contributed by atoms with E-state index < -0.39 is 9.84 Å². The molecule has 0 fully saturated rings. The minimum Gasteiger partial charge on any atom is -0.361 e. The molecule has 0 aliphatic carbocycles. The molecule has 0 spiro atoms. The number of sulfone groups is 1. The van der Waals surface area contributed by atoms with Crippen LogP contribution in [0.3, 0.4) is 0 Å². The fraction of sp³-hybridized carbons (Fsp3) is 0.471. The predicted octanol–water partition coefficient (Wildman–Crippen LogP) is 2.38. The quantitative estimate of drug-likeness (QED) is 0.844. The predicted molar refractivity (Wildman–Crippen MR) is 93.2 cm³/mol. The Hall–Kier alpha value is -1.82. The molecule has 1 aromatic heterocycles. The van der Waals surface area contributed by atoms with E-state index in [1.54, 1.807) is 18.7 Å². The Labute approximate surface area is 137 Å². The maximum Gasteiger partial charge on any atom is 0.227 e. The van der Waals surface area contributed by atoms with E-state index in [0.717, 1.165) is 16.5 Å². The lowest BCUT2D eigenvalue weighted by Gasteiger charge is -2.28. The van der Waals surface area contributed by atoms with Gasteiger partial charge in [-0.3, -0.25) is 4.79 Å². The normalized spacial score (nSPS) is 13.2. The fourth-order valence-corrected chi connectivity index (χ4v) is 4.00. The van der Waals surface area contributed by atoms with Crippen LogP contribution in [0.25, 0.3) is 10.9 Å². The Bertz CT molecular complexity index is 780. The van der Waals surface area contributed by atoms with Crippen molar-refractivity contribution in [1.29, 1.82) is 0 Å². The van der Waals surface area contributed by atoms with Gasteiger partial charge in [0, 0.05) is 35.4 Å². The number of rotatable bonds is 7. The average molecular weight is 336 g/mol. The van der Waals surface area contributed by atoms with Crippen LogP contribution in [-0.2, 0) is 21.1 Å². The molecule has 0 saturated heterocycles. The Balaban J connectivity index is 2.14. The van der Waals surface area contributed by atoms with E-state index in [0.29, 0.717) is 6.54 Å². The van der Waals surface area contributed by atoms with Gasteiger partial charge in [-0.15, -0.1) is 0 Å². The summed E-state index contributed by atoms with van der Waals surface area (Å²) in [6.07, 6.45) is 2.12. The first-order chi connectivity index (χ1) is 10.9. The number of nitrogens with zero attached hydrogens (tertiary/aromatic N) is 1. The number of amides is 1. The Morgan fingerprint density at radius 2 is 1.96 bits per heavy atom. The van der Waals surface area contributed by atoms with Crippen LogP contribution in [0.5, 0.6) is 0 Å². The first-order valence-electron chi connectivity index (χ1n) is 7.92. The van der Waals surface area contributed by atoms with Crippen LogP contribution in [0.4, 0.5) is 0 Å². The highest BCUT2D eigenvalue weighted by Gasteiger charge is 2.23. The van der Waals surface area contributed by atoms with E-state index in [9.17, 15) is 13.2 Å². The molecule has 1 N–H and O–H groups in total. The molecule has 0 aliphatic heterocycles. The second-order valence-electron chi connectivity index (χ2n) is 5.76. The molecule has 5 nitrogen and oxygen atoms in total. The first-order valence-corrected chi connectivity index (χ1v) is 9.75. The van der Waals surface area contributed by atoms with Gasteiger partial charge in [0.1, 0.15) is 0 Å². The van der Waals surface area contributed by atoms with Crippen molar-refractivity contribution in [3.05, 3.63) is 36.0 Å². The summed E-state index contributed by atoms with van der Waals surface area (Å²) >= 11 is 0. The second kappa shape index (κ2) is 7.17. The zero-order valence-corrected chi connectivity index (χ0v) is 14.7. The zero-order chi connectivity index (χ0) is 17.0. The van der Waals surface area contributed by atoms with Crippen molar-refractivity contribution in [3.63, 3.8) is 0 Å². The van der Waals surface area contributed by atoms with Crippen molar-refractivity contribution < 1.29 is 13.2 Å². The van der Waals surface area contributed by atoms with Crippen LogP contribution >= 0.6 is 0 Å². The van der Waals surface area contributed by atoms with E-state index in [2.05, 4.69) is 4.98 Å². The van der Waals surface area contributed by atoms with Gasteiger partial charge in [-0.1, -0.05) is 25.1 Å². The van der Waals surface area contributed by atoms with Gasteiger partial charge in [-0.2, -0.15) is 0 Å². The van der Waals surface area contributed by atoms with E-state index in [1.807, 2.05) is 37.4 Å². The molecule has 126 valence electrons. The van der Waals surface area contributed by atoms with Gasteiger partial charge in [0.15, 0.2) is 9.84 Å². The van der Waals surface area contributed by atoms with Crippen LogP contribution in [0, 0.1) is 0 Å². The number of aromatic amines is 1. The molecule has 6 heteroatoms. The van der Waals surface area contributed by atoms with E-state index in [4.69, 9.17) is 0 Å². The minimum atomic E-state index is -3.10. The van der Waals surface area contributed by atoms with Crippen molar-refractivity contribution in [2.45, 2.75) is 33.2 Å². The van der Waals surface area contributed by atoms with Crippen molar-refractivity contribution in [1.82, 2.24) is 9.88 Å². The SMILES string of the molecule is CCN(C(=O)Cc1c[nH]c2ccccc12)[C@@H](C)CS(=O)(=O)CC. The van der Waals surface area contributed by atoms with Gasteiger partial charge in [-0.05, 0) is 25.5 Å². The molecule has 2 aromatic rings. The first kappa shape index (κ1) is 17.5. The molecule has 0 radical (unpaired) electrons. The number of aromatic nitrogens is 1. The summed E-state index contributed by atoms with van der Waals surface area (Å²) in [6, 6.07) is 7.52. The van der Waals surface area contributed by atoms with E-state index in [1.165, 1.54) is 0 Å². The largest absolute Gasteiger partial charge is 0.361 e. The number of hydrogen-bond acceptors (Lipinski definition) is 3. The highest BCUT2D eigenvalue weighted by Crippen LogP contribution is 2.19. The van der Waals surface area contributed by atoms with E-state index in [-0.39, 0.29) is 29.9 Å². The molecule has 2 rings (SSSR count). The van der Waals surface area contributed by atoms with Crippen molar-refractivity contribution >= 4 is 26.6 Å². The van der Waals surface area contributed by atoms with Gasteiger partial charge in [0.05, 0.1) is 12.2 Å². The summed E-state index contributed by atoms with van der Waals surface area (Å²) < 4.78 is 23.6. The number of para-hydroxylation sites is 1. The summed E-state index contributed by atoms with van der Waals surface area (Å²) in [6.45, 7) is 5.81. The van der Waals surface area contributed by atoms with Crippen molar-refractivity contribution in [2.24, 2.45) is 0 Å². The molecule has 0 saturated carbocycles. The van der Waals surface area contributed by atoms with Gasteiger partial charge in [-0.25, -0.2) is 8.42 Å². The lowest BCUT2D eigenvalue weighted by Crippen LogP contribution is -2.43. The van der Waals surface area contributed by atoms with Crippen LogP contribution in [-0.4, -0.2) is 48.3 Å². The Kier molecular flexibility index (Phi) is 5.46.